The van der Waals surface area contributed by atoms with Gasteiger partial charge in [-0.3, -0.25) is 0 Å². The summed E-state index contributed by atoms with van der Waals surface area (Å²) < 4.78 is 5.60. The Bertz CT molecular complexity index is 791. The monoisotopic (exact) mass is 379 g/mol. The first-order valence-electron chi connectivity index (χ1n) is 6.10. The quantitative estimate of drug-likeness (QED) is 0.468. The van der Waals surface area contributed by atoms with Crippen LogP contribution in [0.3, 0.4) is 0 Å². The van der Waals surface area contributed by atoms with E-state index in [0.29, 0.717) is 9.63 Å². The lowest BCUT2D eigenvalue weighted by Crippen LogP contribution is -2.28. The highest BCUT2D eigenvalue weighted by atomic mass is 127. The summed E-state index contributed by atoms with van der Waals surface area (Å²) in [6.07, 6.45) is 3.90. The van der Waals surface area contributed by atoms with Gasteiger partial charge in [0.05, 0.1) is 6.54 Å². The third kappa shape index (κ3) is 1.80. The maximum Gasteiger partial charge on any atom is 0.292 e. The van der Waals surface area contributed by atoms with Crippen LogP contribution < -0.4 is 5.73 Å². The van der Waals surface area contributed by atoms with Crippen molar-refractivity contribution in [3.8, 4) is 0 Å². The Morgan fingerprint density at radius 2 is 2.30 bits per heavy atom. The summed E-state index contributed by atoms with van der Waals surface area (Å²) in [4.78, 5) is 15.0. The van der Waals surface area contributed by atoms with Gasteiger partial charge in [-0.1, -0.05) is 28.7 Å². The van der Waals surface area contributed by atoms with Gasteiger partial charge in [-0.2, -0.15) is 4.98 Å². The molecule has 1 unspecified atom stereocenters. The van der Waals surface area contributed by atoms with Gasteiger partial charge in [0, 0.05) is 18.0 Å². The van der Waals surface area contributed by atoms with Crippen molar-refractivity contribution in [1.82, 2.24) is 9.88 Å². The molecule has 0 spiro atoms. The lowest BCUT2D eigenvalue weighted by molar-refractivity contribution is 0.585. The summed E-state index contributed by atoms with van der Waals surface area (Å²) in [6, 6.07) is 5.99. The van der Waals surface area contributed by atoms with E-state index in [4.69, 9.17) is 10.2 Å². The molecule has 0 saturated carbocycles. The predicted molar refractivity (Wildman–Crippen MR) is 86.8 cm³/mol. The van der Waals surface area contributed by atoms with Crippen LogP contribution in [0.25, 0.3) is 16.7 Å². The van der Waals surface area contributed by atoms with Crippen LogP contribution >= 0.6 is 22.6 Å². The number of oxazole rings is 1. The molecule has 0 saturated heterocycles. The normalized spacial score (nSPS) is 21.1. The average Bonchev–Trinajstić information content (AvgIpc) is 3.00. The number of nitrogens with zero attached hydrogens (tertiary/aromatic N) is 4. The van der Waals surface area contributed by atoms with Crippen molar-refractivity contribution >= 4 is 57.5 Å². The van der Waals surface area contributed by atoms with E-state index in [2.05, 4.69) is 48.7 Å². The van der Waals surface area contributed by atoms with E-state index in [1.54, 1.807) is 0 Å². The zero-order valence-corrected chi connectivity index (χ0v) is 12.5. The minimum Gasteiger partial charge on any atom is -0.424 e. The summed E-state index contributed by atoms with van der Waals surface area (Å²) in [7, 11) is 0. The fourth-order valence-electron chi connectivity index (χ4n) is 2.28. The molecule has 2 aliphatic heterocycles. The van der Waals surface area contributed by atoms with Crippen LogP contribution in [-0.2, 0) is 0 Å². The predicted octanol–water partition coefficient (Wildman–Crippen LogP) is 2.27. The number of alkyl halides is 1. The number of hydrogen-bond donors (Lipinski definition) is 1. The summed E-state index contributed by atoms with van der Waals surface area (Å²) in [6.45, 7) is 0.774. The van der Waals surface area contributed by atoms with Crippen molar-refractivity contribution < 1.29 is 4.42 Å². The number of allylic oxidation sites excluding steroid dienone is 1. The molecule has 7 heteroatoms. The number of benzene rings is 1. The van der Waals surface area contributed by atoms with Gasteiger partial charge < -0.3 is 15.1 Å². The van der Waals surface area contributed by atoms with Gasteiger partial charge in [-0.25, -0.2) is 9.98 Å². The molecule has 0 fully saturated rings. The second kappa shape index (κ2) is 4.30. The number of aromatic nitrogens is 1. The number of nitrogens with two attached hydrogens (primary N) is 1. The van der Waals surface area contributed by atoms with Gasteiger partial charge in [0.2, 0.25) is 5.96 Å². The van der Waals surface area contributed by atoms with Gasteiger partial charge in [0.15, 0.2) is 5.58 Å². The molecule has 4 rings (SSSR count). The van der Waals surface area contributed by atoms with Crippen LogP contribution in [0.15, 0.2) is 38.8 Å². The van der Waals surface area contributed by atoms with Crippen molar-refractivity contribution in [2.45, 2.75) is 4.05 Å². The second-order valence-corrected chi connectivity index (χ2v) is 6.00. The average molecular weight is 379 g/mol. The van der Waals surface area contributed by atoms with Crippen molar-refractivity contribution in [2.75, 3.05) is 12.3 Å². The molecule has 0 amide bonds. The number of hydrogen-bond acceptors (Lipinski definition) is 6. The number of aliphatic imine (C=N–C) groups is 2. The minimum atomic E-state index is 0.185. The smallest absolute Gasteiger partial charge is 0.292 e. The molecule has 6 nitrogen and oxygen atoms in total. The summed E-state index contributed by atoms with van der Waals surface area (Å²) >= 11 is 2.36. The van der Waals surface area contributed by atoms with Crippen molar-refractivity contribution in [1.29, 1.82) is 0 Å². The van der Waals surface area contributed by atoms with E-state index in [1.807, 2.05) is 24.4 Å². The van der Waals surface area contributed by atoms with Crippen LogP contribution in [0.4, 0.5) is 6.01 Å². The molecule has 0 aliphatic carbocycles. The Morgan fingerprint density at radius 1 is 1.40 bits per heavy atom. The third-order valence-electron chi connectivity index (χ3n) is 3.25. The lowest BCUT2D eigenvalue weighted by atomic mass is 10.1. The maximum atomic E-state index is 5.56. The van der Waals surface area contributed by atoms with Crippen molar-refractivity contribution in [3.05, 3.63) is 30.0 Å². The molecule has 3 heterocycles. The Balaban J connectivity index is 1.77. The second-order valence-electron chi connectivity index (χ2n) is 4.56. The van der Waals surface area contributed by atoms with E-state index < -0.39 is 0 Å². The highest BCUT2D eigenvalue weighted by molar-refractivity contribution is 14.1. The van der Waals surface area contributed by atoms with E-state index in [-0.39, 0.29) is 6.01 Å². The number of anilines is 1. The zero-order chi connectivity index (χ0) is 13.7. The number of fused-ring (bicyclic) bond motifs is 2. The first kappa shape index (κ1) is 11.9. The highest BCUT2D eigenvalue weighted by Crippen LogP contribution is 2.27. The van der Waals surface area contributed by atoms with Gasteiger partial charge in [0.25, 0.3) is 6.01 Å². The van der Waals surface area contributed by atoms with Crippen molar-refractivity contribution in [3.63, 3.8) is 0 Å². The molecule has 20 heavy (non-hydrogen) atoms. The minimum absolute atomic E-state index is 0.185. The zero-order valence-electron chi connectivity index (χ0n) is 10.3. The molecular formula is C13H10IN5O. The highest BCUT2D eigenvalue weighted by Gasteiger charge is 2.26. The largest absolute Gasteiger partial charge is 0.424 e. The SMILES string of the molecule is Nc1nc2cc(C3=CN4C(=NCC4I)N=C3)ccc2o1. The summed E-state index contributed by atoms with van der Waals surface area (Å²) in [5, 5.41) is 0. The first-order chi connectivity index (χ1) is 9.70. The summed E-state index contributed by atoms with van der Waals surface area (Å²) in [5.74, 6) is 0.778. The van der Waals surface area contributed by atoms with Crippen LogP contribution in [0.1, 0.15) is 5.56 Å². The molecule has 0 bridgehead atoms. The topological polar surface area (TPSA) is 80.0 Å². The van der Waals surface area contributed by atoms with Gasteiger partial charge in [-0.05, 0) is 17.7 Å². The molecule has 0 radical (unpaired) electrons. The molecule has 1 aromatic carbocycles. The molecule has 100 valence electrons. The van der Waals surface area contributed by atoms with E-state index >= 15 is 0 Å². The van der Waals surface area contributed by atoms with Gasteiger partial charge in [0.1, 0.15) is 9.57 Å². The Kier molecular flexibility index (Phi) is 2.56. The number of rotatable bonds is 1. The molecule has 2 N–H and O–H groups in total. The fourth-order valence-corrected chi connectivity index (χ4v) is 2.89. The van der Waals surface area contributed by atoms with Crippen LogP contribution in [-0.4, -0.2) is 32.7 Å². The van der Waals surface area contributed by atoms with E-state index in [1.165, 1.54) is 0 Å². The lowest BCUT2D eigenvalue weighted by Gasteiger charge is -2.21. The fraction of sp³-hybridized carbons (Fsp3) is 0.154. The first-order valence-corrected chi connectivity index (χ1v) is 7.34. The van der Waals surface area contributed by atoms with Crippen LogP contribution in [0.2, 0.25) is 0 Å². The van der Waals surface area contributed by atoms with E-state index in [0.717, 1.165) is 29.2 Å². The van der Waals surface area contributed by atoms with Crippen LogP contribution in [0, 0.1) is 0 Å². The molecule has 2 aliphatic rings. The molecule has 2 aromatic rings. The standard InChI is InChI=1S/C13H10IN5O/c14-11-5-17-13-16-4-8(6-19(11)13)7-1-2-10-9(3-7)18-12(15)20-10/h1-4,6,11H,5H2,(H2,15,18). The molecule has 1 aromatic heterocycles. The Morgan fingerprint density at radius 3 is 3.20 bits per heavy atom. The number of nitrogen functional groups attached to an aromatic ring is 1. The molecular weight excluding hydrogens is 369 g/mol. The van der Waals surface area contributed by atoms with E-state index in [9.17, 15) is 0 Å². The Hall–Kier alpha value is -1.90. The Labute approximate surface area is 128 Å². The van der Waals surface area contributed by atoms with Crippen LogP contribution in [0.5, 0.6) is 0 Å². The third-order valence-corrected chi connectivity index (χ3v) is 4.24. The number of halogens is 1. The number of guanidine groups is 1. The van der Waals surface area contributed by atoms with Gasteiger partial charge >= 0.3 is 0 Å². The van der Waals surface area contributed by atoms with Gasteiger partial charge in [-0.15, -0.1) is 0 Å². The maximum absolute atomic E-state index is 5.56. The molecule has 1 atom stereocenters. The van der Waals surface area contributed by atoms with Crippen molar-refractivity contribution in [2.24, 2.45) is 9.98 Å². The summed E-state index contributed by atoms with van der Waals surface area (Å²) in [5.41, 5.74) is 9.06.